The molecule has 1 unspecified atom stereocenters. The van der Waals surface area contributed by atoms with E-state index in [2.05, 4.69) is 19.7 Å². The van der Waals surface area contributed by atoms with Gasteiger partial charge in [-0.05, 0) is 61.0 Å². The van der Waals surface area contributed by atoms with Crippen LogP contribution in [0.1, 0.15) is 25.7 Å². The zero-order chi connectivity index (χ0) is 21.3. The Kier molecular flexibility index (Phi) is 6.11. The van der Waals surface area contributed by atoms with Crippen LogP contribution in [-0.4, -0.2) is 58.3 Å². The smallest absolute Gasteiger partial charge is 0.244 e. The summed E-state index contributed by atoms with van der Waals surface area (Å²) in [4.78, 5) is 5.69. The molecule has 0 N–H and O–H groups in total. The molecule has 11 heteroatoms. The number of hydrogen-bond acceptors (Lipinski definition) is 8. The third-order valence-corrected chi connectivity index (χ3v) is 9.16. The quantitative estimate of drug-likeness (QED) is 0.514. The standard InChI is InChI=1S/C20H23N5O3S3/c26-31(27,24-9-1-2-10-24)16-7-8-18(21-13-16)30-20-23-22-19(17-6-4-12-29-17)25(20)14-15-5-3-11-28-15/h4,6-8,12-13,15H,1-3,5,9-11,14H2. The summed E-state index contributed by atoms with van der Waals surface area (Å²) >= 11 is 3.01. The lowest BCUT2D eigenvalue weighted by Crippen LogP contribution is -2.27. The van der Waals surface area contributed by atoms with Gasteiger partial charge in [0.25, 0.3) is 0 Å². The first-order chi connectivity index (χ1) is 15.1. The van der Waals surface area contributed by atoms with Gasteiger partial charge in [-0.3, -0.25) is 4.57 Å². The Morgan fingerprint density at radius 3 is 2.71 bits per heavy atom. The number of ether oxygens (including phenoxy) is 1. The normalized spacial score (nSPS) is 19.9. The molecule has 0 amide bonds. The minimum atomic E-state index is -3.46. The molecule has 2 aliphatic heterocycles. The minimum Gasteiger partial charge on any atom is -0.376 e. The largest absolute Gasteiger partial charge is 0.376 e. The van der Waals surface area contributed by atoms with Crippen molar-refractivity contribution in [1.82, 2.24) is 24.1 Å². The van der Waals surface area contributed by atoms with Crippen LogP contribution in [0.3, 0.4) is 0 Å². The summed E-state index contributed by atoms with van der Waals surface area (Å²) in [5.74, 6) is 0.821. The second-order valence-corrected chi connectivity index (χ2v) is 11.4. The van der Waals surface area contributed by atoms with E-state index in [0.29, 0.717) is 24.7 Å². The molecule has 2 aliphatic rings. The van der Waals surface area contributed by atoms with E-state index in [-0.39, 0.29) is 11.0 Å². The van der Waals surface area contributed by atoms with Crippen molar-refractivity contribution in [2.24, 2.45) is 0 Å². The molecule has 0 aromatic carbocycles. The zero-order valence-electron chi connectivity index (χ0n) is 16.9. The van der Waals surface area contributed by atoms with Crippen LogP contribution in [0.15, 0.2) is 50.9 Å². The second-order valence-electron chi connectivity index (χ2n) is 7.57. The Morgan fingerprint density at radius 2 is 2.03 bits per heavy atom. The van der Waals surface area contributed by atoms with Gasteiger partial charge in [-0.2, -0.15) is 4.31 Å². The highest BCUT2D eigenvalue weighted by Crippen LogP contribution is 2.32. The first-order valence-corrected chi connectivity index (χ1v) is 13.5. The van der Waals surface area contributed by atoms with E-state index >= 15 is 0 Å². The highest BCUT2D eigenvalue weighted by Gasteiger charge is 2.28. The fourth-order valence-corrected chi connectivity index (χ4v) is 6.82. The SMILES string of the molecule is O=S(=O)(c1ccc(Sc2nnc(-c3cccs3)n2CC2CCCO2)nc1)N1CCCC1. The number of hydrogen-bond donors (Lipinski definition) is 0. The summed E-state index contributed by atoms with van der Waals surface area (Å²) in [6.45, 7) is 2.63. The van der Waals surface area contributed by atoms with Gasteiger partial charge < -0.3 is 4.74 Å². The zero-order valence-corrected chi connectivity index (χ0v) is 19.3. The van der Waals surface area contributed by atoms with Crippen LogP contribution in [0.4, 0.5) is 0 Å². The molecule has 0 spiro atoms. The number of aromatic nitrogens is 4. The number of nitrogens with zero attached hydrogens (tertiary/aromatic N) is 5. The summed E-state index contributed by atoms with van der Waals surface area (Å²) in [6.07, 6.45) is 5.50. The summed E-state index contributed by atoms with van der Waals surface area (Å²) in [6, 6.07) is 7.40. The molecule has 2 fully saturated rings. The lowest BCUT2D eigenvalue weighted by Gasteiger charge is -2.15. The van der Waals surface area contributed by atoms with E-state index in [0.717, 1.165) is 48.1 Å². The van der Waals surface area contributed by atoms with Crippen molar-refractivity contribution in [3.05, 3.63) is 35.8 Å². The Bertz CT molecular complexity index is 1120. The Balaban J connectivity index is 1.39. The predicted octanol–water partition coefficient (Wildman–Crippen LogP) is 3.52. The van der Waals surface area contributed by atoms with Crippen molar-refractivity contribution >= 4 is 33.1 Å². The van der Waals surface area contributed by atoms with Gasteiger partial charge in [-0.25, -0.2) is 13.4 Å². The van der Waals surface area contributed by atoms with Crippen molar-refractivity contribution in [3.8, 4) is 10.7 Å². The maximum atomic E-state index is 12.7. The lowest BCUT2D eigenvalue weighted by atomic mass is 10.2. The molecule has 164 valence electrons. The van der Waals surface area contributed by atoms with E-state index in [1.54, 1.807) is 23.5 Å². The van der Waals surface area contributed by atoms with Gasteiger partial charge in [0.15, 0.2) is 11.0 Å². The van der Waals surface area contributed by atoms with Crippen molar-refractivity contribution in [3.63, 3.8) is 0 Å². The van der Waals surface area contributed by atoms with Crippen LogP contribution in [0.2, 0.25) is 0 Å². The van der Waals surface area contributed by atoms with Crippen molar-refractivity contribution < 1.29 is 13.2 Å². The monoisotopic (exact) mass is 477 g/mol. The Morgan fingerprint density at radius 1 is 1.16 bits per heavy atom. The molecular weight excluding hydrogens is 454 g/mol. The summed E-state index contributed by atoms with van der Waals surface area (Å²) in [5, 5.41) is 12.3. The van der Waals surface area contributed by atoms with Crippen LogP contribution >= 0.6 is 23.1 Å². The average molecular weight is 478 g/mol. The molecule has 0 saturated carbocycles. The first-order valence-electron chi connectivity index (χ1n) is 10.3. The fourth-order valence-electron chi connectivity index (χ4n) is 3.86. The van der Waals surface area contributed by atoms with Gasteiger partial charge in [0.05, 0.1) is 17.5 Å². The molecule has 5 heterocycles. The molecule has 1 atom stereocenters. The van der Waals surface area contributed by atoms with Crippen LogP contribution in [0.25, 0.3) is 10.7 Å². The van der Waals surface area contributed by atoms with E-state index < -0.39 is 10.0 Å². The highest BCUT2D eigenvalue weighted by atomic mass is 32.2. The van der Waals surface area contributed by atoms with Gasteiger partial charge in [0.1, 0.15) is 9.92 Å². The molecule has 5 rings (SSSR count). The van der Waals surface area contributed by atoms with Crippen LogP contribution in [0, 0.1) is 0 Å². The van der Waals surface area contributed by atoms with Gasteiger partial charge in [-0.1, -0.05) is 6.07 Å². The van der Waals surface area contributed by atoms with Crippen molar-refractivity contribution in [2.75, 3.05) is 19.7 Å². The summed E-state index contributed by atoms with van der Waals surface area (Å²) < 4.78 is 34.9. The topological polar surface area (TPSA) is 90.2 Å². The third kappa shape index (κ3) is 4.42. The summed E-state index contributed by atoms with van der Waals surface area (Å²) in [7, 11) is -3.46. The van der Waals surface area contributed by atoms with Gasteiger partial charge in [-0.15, -0.1) is 21.5 Å². The average Bonchev–Trinajstić information content (AvgIpc) is 3.57. The maximum absolute atomic E-state index is 12.7. The first kappa shape index (κ1) is 21.1. The molecule has 0 aliphatic carbocycles. The summed E-state index contributed by atoms with van der Waals surface area (Å²) in [5.41, 5.74) is 0. The molecule has 3 aromatic heterocycles. The molecule has 0 bridgehead atoms. The predicted molar refractivity (Wildman–Crippen MR) is 119 cm³/mol. The van der Waals surface area contributed by atoms with Gasteiger partial charge >= 0.3 is 0 Å². The van der Waals surface area contributed by atoms with Crippen LogP contribution in [-0.2, 0) is 21.3 Å². The maximum Gasteiger partial charge on any atom is 0.244 e. The molecule has 31 heavy (non-hydrogen) atoms. The number of pyridine rings is 1. The number of thiophene rings is 1. The molecular formula is C20H23N5O3S3. The lowest BCUT2D eigenvalue weighted by molar-refractivity contribution is 0.0953. The third-order valence-electron chi connectivity index (χ3n) is 5.48. The number of sulfonamides is 1. The van der Waals surface area contributed by atoms with E-state index in [9.17, 15) is 8.42 Å². The molecule has 2 saturated heterocycles. The highest BCUT2D eigenvalue weighted by molar-refractivity contribution is 7.99. The van der Waals surface area contributed by atoms with Crippen molar-refractivity contribution in [2.45, 2.75) is 53.4 Å². The Labute approximate surface area is 189 Å². The van der Waals surface area contributed by atoms with Gasteiger partial charge in [0, 0.05) is 25.9 Å². The molecule has 0 radical (unpaired) electrons. The van der Waals surface area contributed by atoms with Crippen LogP contribution in [0.5, 0.6) is 0 Å². The van der Waals surface area contributed by atoms with Crippen molar-refractivity contribution in [1.29, 1.82) is 0 Å². The van der Waals surface area contributed by atoms with E-state index in [4.69, 9.17) is 4.74 Å². The second kappa shape index (κ2) is 8.99. The van der Waals surface area contributed by atoms with Gasteiger partial charge in [0.2, 0.25) is 10.0 Å². The van der Waals surface area contributed by atoms with E-state index in [1.807, 2.05) is 17.5 Å². The fraction of sp³-hybridized carbons (Fsp3) is 0.450. The molecule has 3 aromatic rings. The minimum absolute atomic E-state index is 0.148. The van der Waals surface area contributed by atoms with Crippen LogP contribution < -0.4 is 0 Å². The molecule has 8 nitrogen and oxygen atoms in total. The van der Waals surface area contributed by atoms with E-state index in [1.165, 1.54) is 22.3 Å². The number of rotatable bonds is 7. The Hall–Kier alpha value is -1.79.